The Hall–Kier alpha value is -1.95. The van der Waals surface area contributed by atoms with E-state index in [0.29, 0.717) is 30.2 Å². The summed E-state index contributed by atoms with van der Waals surface area (Å²) in [4.78, 5) is 11.6. The van der Waals surface area contributed by atoms with Crippen LogP contribution in [0, 0.1) is 0 Å². The summed E-state index contributed by atoms with van der Waals surface area (Å²) in [6.45, 7) is 6.52. The highest BCUT2D eigenvalue weighted by Crippen LogP contribution is 2.35. The first-order valence-electron chi connectivity index (χ1n) is 7.06. The van der Waals surface area contributed by atoms with E-state index in [1.807, 2.05) is 26.0 Å². The standard InChI is InChI=1S/C15H22N2O4/c1-4-17-15(3,14(16)18)8-10(2)21-11-5-6-12-13(7-11)20-9-19-12/h5-7,10,17H,4,8-9H2,1-3H3,(H2,16,18). The minimum Gasteiger partial charge on any atom is -0.490 e. The molecule has 1 heterocycles. The maximum atomic E-state index is 11.6. The van der Waals surface area contributed by atoms with Crippen LogP contribution in [-0.4, -0.2) is 30.9 Å². The predicted molar refractivity (Wildman–Crippen MR) is 78.5 cm³/mol. The Balaban J connectivity index is 2.00. The number of likely N-dealkylation sites (N-methyl/N-ethyl adjacent to an activating group) is 1. The van der Waals surface area contributed by atoms with Crippen LogP contribution >= 0.6 is 0 Å². The molecule has 116 valence electrons. The first kappa shape index (κ1) is 15.4. The largest absolute Gasteiger partial charge is 0.490 e. The van der Waals surface area contributed by atoms with E-state index >= 15 is 0 Å². The van der Waals surface area contributed by atoms with Gasteiger partial charge in [0, 0.05) is 12.5 Å². The SMILES string of the molecule is CCNC(C)(CC(C)Oc1ccc2c(c1)OCO2)C(N)=O. The van der Waals surface area contributed by atoms with Crippen molar-refractivity contribution in [3.05, 3.63) is 18.2 Å². The second kappa shape index (κ2) is 6.22. The fourth-order valence-corrected chi connectivity index (χ4v) is 2.45. The summed E-state index contributed by atoms with van der Waals surface area (Å²) >= 11 is 0. The van der Waals surface area contributed by atoms with Crippen molar-refractivity contribution >= 4 is 5.91 Å². The zero-order chi connectivity index (χ0) is 15.5. The highest BCUT2D eigenvalue weighted by Gasteiger charge is 2.32. The van der Waals surface area contributed by atoms with Gasteiger partial charge in [-0.15, -0.1) is 0 Å². The van der Waals surface area contributed by atoms with Crippen LogP contribution in [0.1, 0.15) is 27.2 Å². The number of fused-ring (bicyclic) bond motifs is 1. The second-order valence-electron chi connectivity index (χ2n) is 5.37. The number of amides is 1. The van der Waals surface area contributed by atoms with Gasteiger partial charge in [0.15, 0.2) is 11.5 Å². The summed E-state index contributed by atoms with van der Waals surface area (Å²) in [5.74, 6) is 1.68. The Morgan fingerprint density at radius 2 is 2.19 bits per heavy atom. The fraction of sp³-hybridized carbons (Fsp3) is 0.533. The number of carbonyl (C=O) groups excluding carboxylic acids is 1. The van der Waals surface area contributed by atoms with Gasteiger partial charge in [0.05, 0.1) is 11.6 Å². The van der Waals surface area contributed by atoms with Gasteiger partial charge in [-0.25, -0.2) is 0 Å². The molecule has 0 saturated carbocycles. The summed E-state index contributed by atoms with van der Waals surface area (Å²) in [6.07, 6.45) is 0.298. The van der Waals surface area contributed by atoms with Crippen molar-refractivity contribution in [1.82, 2.24) is 5.32 Å². The molecule has 2 unspecified atom stereocenters. The zero-order valence-corrected chi connectivity index (χ0v) is 12.6. The van der Waals surface area contributed by atoms with Crippen LogP contribution < -0.4 is 25.3 Å². The number of rotatable bonds is 7. The molecular weight excluding hydrogens is 272 g/mol. The average molecular weight is 294 g/mol. The third-order valence-corrected chi connectivity index (χ3v) is 3.49. The molecule has 0 bridgehead atoms. The summed E-state index contributed by atoms with van der Waals surface area (Å²) in [6, 6.07) is 5.41. The van der Waals surface area contributed by atoms with Crippen molar-refractivity contribution < 1.29 is 19.0 Å². The molecule has 6 heteroatoms. The molecule has 0 radical (unpaired) electrons. The molecule has 1 aromatic rings. The maximum absolute atomic E-state index is 11.6. The van der Waals surface area contributed by atoms with Gasteiger partial charge in [-0.2, -0.15) is 0 Å². The molecule has 6 nitrogen and oxygen atoms in total. The summed E-state index contributed by atoms with van der Waals surface area (Å²) < 4.78 is 16.4. The third kappa shape index (κ3) is 3.58. The summed E-state index contributed by atoms with van der Waals surface area (Å²) in [7, 11) is 0. The van der Waals surface area contributed by atoms with Gasteiger partial charge < -0.3 is 25.3 Å². The molecule has 0 saturated heterocycles. The fourth-order valence-electron chi connectivity index (χ4n) is 2.45. The Morgan fingerprint density at radius 1 is 1.48 bits per heavy atom. The monoisotopic (exact) mass is 294 g/mol. The molecule has 2 rings (SSSR count). The van der Waals surface area contributed by atoms with Gasteiger partial charge in [-0.1, -0.05) is 6.92 Å². The van der Waals surface area contributed by atoms with E-state index in [1.54, 1.807) is 13.0 Å². The van der Waals surface area contributed by atoms with Crippen molar-refractivity contribution in [2.45, 2.75) is 38.8 Å². The number of nitrogens with one attached hydrogen (secondary N) is 1. The van der Waals surface area contributed by atoms with E-state index in [-0.39, 0.29) is 18.8 Å². The molecule has 1 amide bonds. The molecule has 1 aliphatic heterocycles. The second-order valence-corrected chi connectivity index (χ2v) is 5.37. The third-order valence-electron chi connectivity index (χ3n) is 3.49. The lowest BCUT2D eigenvalue weighted by molar-refractivity contribution is -0.124. The minimum atomic E-state index is -0.787. The van der Waals surface area contributed by atoms with Crippen molar-refractivity contribution in [2.75, 3.05) is 13.3 Å². The van der Waals surface area contributed by atoms with Crippen LogP contribution in [0.25, 0.3) is 0 Å². The van der Waals surface area contributed by atoms with Crippen molar-refractivity contribution in [3.63, 3.8) is 0 Å². The normalized spacial score (nSPS) is 17.1. The molecule has 1 aromatic carbocycles. The Kier molecular flexibility index (Phi) is 4.57. The van der Waals surface area contributed by atoms with Gasteiger partial charge in [0.2, 0.25) is 12.7 Å². The number of carbonyl (C=O) groups is 1. The van der Waals surface area contributed by atoms with Crippen LogP contribution in [0.5, 0.6) is 17.2 Å². The lowest BCUT2D eigenvalue weighted by Crippen LogP contribution is -2.55. The highest BCUT2D eigenvalue weighted by molar-refractivity contribution is 5.84. The highest BCUT2D eigenvalue weighted by atomic mass is 16.7. The molecule has 0 spiro atoms. The van der Waals surface area contributed by atoms with Crippen LogP contribution in [0.15, 0.2) is 18.2 Å². The van der Waals surface area contributed by atoms with Crippen LogP contribution in [0.4, 0.5) is 0 Å². The van der Waals surface area contributed by atoms with Crippen LogP contribution in [-0.2, 0) is 4.79 Å². The van der Waals surface area contributed by atoms with Crippen LogP contribution in [0.2, 0.25) is 0 Å². The van der Waals surface area contributed by atoms with E-state index in [9.17, 15) is 4.79 Å². The van der Waals surface area contributed by atoms with E-state index in [4.69, 9.17) is 19.9 Å². The molecule has 0 aromatic heterocycles. The topological polar surface area (TPSA) is 82.8 Å². The van der Waals surface area contributed by atoms with E-state index in [2.05, 4.69) is 5.32 Å². The molecule has 3 N–H and O–H groups in total. The summed E-state index contributed by atoms with van der Waals surface area (Å²) in [5.41, 5.74) is 4.69. The zero-order valence-electron chi connectivity index (χ0n) is 12.6. The average Bonchev–Trinajstić information content (AvgIpc) is 2.85. The molecule has 21 heavy (non-hydrogen) atoms. The molecule has 2 atom stereocenters. The van der Waals surface area contributed by atoms with E-state index < -0.39 is 5.54 Å². The maximum Gasteiger partial charge on any atom is 0.237 e. The summed E-state index contributed by atoms with van der Waals surface area (Å²) in [5, 5.41) is 3.12. The Bertz CT molecular complexity index is 520. The molecular formula is C15H22N2O4. The van der Waals surface area contributed by atoms with E-state index in [1.165, 1.54) is 0 Å². The first-order chi connectivity index (χ1) is 9.94. The van der Waals surface area contributed by atoms with Crippen molar-refractivity contribution in [2.24, 2.45) is 5.73 Å². The number of ether oxygens (including phenoxy) is 3. The number of hydrogen-bond donors (Lipinski definition) is 2. The first-order valence-corrected chi connectivity index (χ1v) is 7.06. The van der Waals surface area contributed by atoms with Crippen LogP contribution in [0.3, 0.4) is 0 Å². The minimum absolute atomic E-state index is 0.179. The van der Waals surface area contributed by atoms with Gasteiger partial charge in [-0.05, 0) is 32.5 Å². The van der Waals surface area contributed by atoms with Gasteiger partial charge in [0.1, 0.15) is 5.75 Å². The molecule has 0 fully saturated rings. The smallest absolute Gasteiger partial charge is 0.237 e. The number of primary amides is 1. The number of benzene rings is 1. The number of nitrogens with two attached hydrogens (primary N) is 1. The lowest BCUT2D eigenvalue weighted by atomic mass is 9.94. The molecule has 1 aliphatic rings. The number of hydrogen-bond acceptors (Lipinski definition) is 5. The van der Waals surface area contributed by atoms with Gasteiger partial charge in [0.25, 0.3) is 0 Å². The Morgan fingerprint density at radius 3 is 2.86 bits per heavy atom. The van der Waals surface area contributed by atoms with Gasteiger partial charge >= 0.3 is 0 Å². The predicted octanol–water partition coefficient (Wildman–Crippen LogP) is 1.43. The molecule has 0 aliphatic carbocycles. The Labute approximate surface area is 124 Å². The quantitative estimate of drug-likeness (QED) is 0.795. The van der Waals surface area contributed by atoms with Crippen molar-refractivity contribution in [1.29, 1.82) is 0 Å². The van der Waals surface area contributed by atoms with Crippen molar-refractivity contribution in [3.8, 4) is 17.2 Å². The lowest BCUT2D eigenvalue weighted by Gasteiger charge is -2.30. The van der Waals surface area contributed by atoms with E-state index in [0.717, 1.165) is 0 Å². The van der Waals surface area contributed by atoms with Gasteiger partial charge in [-0.3, -0.25) is 4.79 Å².